The van der Waals surface area contributed by atoms with Crippen molar-refractivity contribution >= 4 is 27.8 Å². The van der Waals surface area contributed by atoms with E-state index in [-0.39, 0.29) is 12.5 Å². The summed E-state index contributed by atoms with van der Waals surface area (Å²) in [6.07, 6.45) is 1.47. The van der Waals surface area contributed by atoms with E-state index in [0.717, 1.165) is 0 Å². The van der Waals surface area contributed by atoms with Crippen LogP contribution in [0.2, 0.25) is 0 Å². The number of carbonyl (C=O) groups excluding carboxylic acids is 2. The number of aromatic nitrogens is 2. The Balaban J connectivity index is 2.38. The van der Waals surface area contributed by atoms with Crippen LogP contribution in [0.4, 0.5) is 0 Å². The molecule has 0 saturated heterocycles. The number of H-pyrrole nitrogens is 1. The third-order valence-electron chi connectivity index (χ3n) is 1.64. The smallest absolute Gasteiger partial charge is 0.321 e. The second kappa shape index (κ2) is 5.50. The molecule has 0 fully saturated rings. The molecular formula is C8H10BrN3O3. The summed E-state index contributed by atoms with van der Waals surface area (Å²) in [5.74, 6) is -0.749. The molecule has 1 aromatic heterocycles. The average molecular weight is 276 g/mol. The van der Waals surface area contributed by atoms with Gasteiger partial charge in [0.25, 0.3) is 5.91 Å². The monoisotopic (exact) mass is 275 g/mol. The minimum Gasteiger partial charge on any atom is -0.468 e. The number of nitrogens with zero attached hydrogens (tertiary/aromatic N) is 1. The second-order valence-corrected chi connectivity index (χ2v) is 3.78. The minimum absolute atomic E-state index is 0.157. The van der Waals surface area contributed by atoms with Crippen LogP contribution in [0.15, 0.2) is 12.3 Å². The molecule has 1 atom stereocenters. The van der Waals surface area contributed by atoms with Crippen molar-refractivity contribution in [2.24, 2.45) is 0 Å². The number of aromatic amines is 1. The largest absolute Gasteiger partial charge is 0.468 e. The van der Waals surface area contributed by atoms with Crippen LogP contribution < -0.4 is 5.32 Å². The van der Waals surface area contributed by atoms with Gasteiger partial charge < -0.3 is 10.1 Å². The maximum atomic E-state index is 11.4. The van der Waals surface area contributed by atoms with E-state index in [2.05, 4.69) is 36.2 Å². The molecule has 0 radical (unpaired) electrons. The quantitative estimate of drug-likeness (QED) is 0.602. The molecule has 6 nitrogen and oxygen atoms in total. The number of amides is 1. The number of hydrogen-bond acceptors (Lipinski definition) is 4. The number of hydrogen-bond donors (Lipinski definition) is 2. The molecule has 0 aliphatic heterocycles. The van der Waals surface area contributed by atoms with Crippen LogP contribution in [0.5, 0.6) is 0 Å². The molecule has 7 heteroatoms. The van der Waals surface area contributed by atoms with Gasteiger partial charge in [-0.2, -0.15) is 5.10 Å². The van der Waals surface area contributed by atoms with Gasteiger partial charge in [0.2, 0.25) is 0 Å². The Kier molecular flexibility index (Phi) is 4.29. The Labute approximate surface area is 94.5 Å². The summed E-state index contributed by atoms with van der Waals surface area (Å²) < 4.78 is 4.48. The van der Waals surface area contributed by atoms with Crippen LogP contribution in [0.1, 0.15) is 10.5 Å². The van der Waals surface area contributed by atoms with E-state index in [0.29, 0.717) is 5.69 Å². The molecule has 0 aliphatic carbocycles. The summed E-state index contributed by atoms with van der Waals surface area (Å²) in [6, 6.07) is 1.54. The van der Waals surface area contributed by atoms with E-state index < -0.39 is 10.8 Å². The Bertz CT molecular complexity index is 339. The van der Waals surface area contributed by atoms with Crippen molar-refractivity contribution in [3.63, 3.8) is 0 Å². The van der Waals surface area contributed by atoms with E-state index >= 15 is 0 Å². The van der Waals surface area contributed by atoms with E-state index in [1.807, 2.05) is 0 Å². The molecule has 1 heterocycles. The lowest BCUT2D eigenvalue weighted by molar-refractivity contribution is -0.139. The minimum atomic E-state index is -0.547. The van der Waals surface area contributed by atoms with Crippen LogP contribution in [-0.4, -0.2) is 40.6 Å². The zero-order valence-corrected chi connectivity index (χ0v) is 9.58. The predicted molar refractivity (Wildman–Crippen MR) is 55.7 cm³/mol. The van der Waals surface area contributed by atoms with Gasteiger partial charge in [0.05, 0.1) is 7.11 Å². The maximum absolute atomic E-state index is 11.4. The van der Waals surface area contributed by atoms with Crippen molar-refractivity contribution in [3.05, 3.63) is 18.0 Å². The van der Waals surface area contributed by atoms with Crippen molar-refractivity contribution < 1.29 is 14.3 Å². The molecule has 0 aliphatic rings. The number of halogens is 1. The van der Waals surface area contributed by atoms with Gasteiger partial charge in [-0.1, -0.05) is 15.9 Å². The summed E-state index contributed by atoms with van der Waals surface area (Å²) in [5.41, 5.74) is 0.347. The first-order valence-corrected chi connectivity index (χ1v) is 5.06. The molecule has 0 saturated carbocycles. The van der Waals surface area contributed by atoms with E-state index in [4.69, 9.17) is 0 Å². The lowest BCUT2D eigenvalue weighted by Gasteiger charge is -2.07. The van der Waals surface area contributed by atoms with Gasteiger partial charge in [-0.15, -0.1) is 0 Å². The Hall–Kier alpha value is -1.37. The van der Waals surface area contributed by atoms with Gasteiger partial charge in [0.15, 0.2) is 0 Å². The molecule has 1 rings (SSSR count). The number of carbonyl (C=O) groups is 2. The molecule has 0 spiro atoms. The van der Waals surface area contributed by atoms with Crippen molar-refractivity contribution in [1.82, 2.24) is 15.5 Å². The van der Waals surface area contributed by atoms with Crippen molar-refractivity contribution in [1.29, 1.82) is 0 Å². The topological polar surface area (TPSA) is 84.1 Å². The van der Waals surface area contributed by atoms with E-state index in [9.17, 15) is 9.59 Å². The highest BCUT2D eigenvalue weighted by atomic mass is 79.9. The number of methoxy groups -OCH3 is 1. The Morgan fingerprint density at radius 3 is 3.00 bits per heavy atom. The van der Waals surface area contributed by atoms with Crippen LogP contribution in [0.3, 0.4) is 0 Å². The lowest BCUT2D eigenvalue weighted by atomic mass is 10.3. The van der Waals surface area contributed by atoms with Gasteiger partial charge in [0.1, 0.15) is 10.5 Å². The van der Waals surface area contributed by atoms with Gasteiger partial charge in [0, 0.05) is 12.7 Å². The molecule has 1 aromatic rings. The average Bonchev–Trinajstić information content (AvgIpc) is 2.77. The molecule has 15 heavy (non-hydrogen) atoms. The molecule has 0 bridgehead atoms. The zero-order valence-electron chi connectivity index (χ0n) is 7.99. The molecule has 0 aromatic carbocycles. The number of esters is 1. The highest BCUT2D eigenvalue weighted by Crippen LogP contribution is 2.00. The number of nitrogens with one attached hydrogen (secondary N) is 2. The first-order chi connectivity index (χ1) is 7.15. The predicted octanol–water partition coefficient (Wildman–Crippen LogP) is 0.0760. The molecule has 82 valence electrons. The SMILES string of the molecule is COC(=O)C(Br)CNC(=O)c1ccn[nH]1. The van der Waals surface area contributed by atoms with Crippen molar-refractivity contribution in [3.8, 4) is 0 Å². The summed E-state index contributed by atoms with van der Waals surface area (Å²) in [4.78, 5) is 21.8. The number of ether oxygens (including phenoxy) is 1. The van der Waals surface area contributed by atoms with E-state index in [1.54, 1.807) is 0 Å². The summed E-state index contributed by atoms with van der Waals surface area (Å²) >= 11 is 3.08. The fraction of sp³-hybridized carbons (Fsp3) is 0.375. The van der Waals surface area contributed by atoms with Crippen LogP contribution in [-0.2, 0) is 9.53 Å². The third kappa shape index (κ3) is 3.35. The molecule has 1 amide bonds. The van der Waals surface area contributed by atoms with E-state index in [1.165, 1.54) is 19.4 Å². The van der Waals surface area contributed by atoms with Crippen molar-refractivity contribution in [2.45, 2.75) is 4.83 Å². The fourth-order valence-corrected chi connectivity index (χ4v) is 1.22. The first kappa shape index (κ1) is 11.7. The fourth-order valence-electron chi connectivity index (χ4n) is 0.871. The third-order valence-corrected chi connectivity index (χ3v) is 2.34. The summed E-state index contributed by atoms with van der Waals surface area (Å²) in [7, 11) is 1.29. The molecule has 2 N–H and O–H groups in total. The number of rotatable bonds is 4. The number of alkyl halides is 1. The highest BCUT2D eigenvalue weighted by Gasteiger charge is 2.16. The Morgan fingerprint density at radius 2 is 2.47 bits per heavy atom. The van der Waals surface area contributed by atoms with Gasteiger partial charge in [-0.05, 0) is 6.07 Å². The maximum Gasteiger partial charge on any atom is 0.321 e. The molecular weight excluding hydrogens is 266 g/mol. The zero-order chi connectivity index (χ0) is 11.3. The highest BCUT2D eigenvalue weighted by molar-refractivity contribution is 9.10. The first-order valence-electron chi connectivity index (χ1n) is 4.14. The van der Waals surface area contributed by atoms with Crippen LogP contribution in [0, 0.1) is 0 Å². The van der Waals surface area contributed by atoms with Crippen LogP contribution in [0.25, 0.3) is 0 Å². The molecule has 1 unspecified atom stereocenters. The summed E-state index contributed by atoms with van der Waals surface area (Å²) in [5, 5.41) is 8.68. The van der Waals surface area contributed by atoms with Gasteiger partial charge in [-0.25, -0.2) is 0 Å². The lowest BCUT2D eigenvalue weighted by Crippen LogP contribution is -2.34. The van der Waals surface area contributed by atoms with Crippen LogP contribution >= 0.6 is 15.9 Å². The Morgan fingerprint density at radius 1 is 1.73 bits per heavy atom. The summed E-state index contributed by atoms with van der Waals surface area (Å²) in [6.45, 7) is 0.157. The van der Waals surface area contributed by atoms with Gasteiger partial charge in [-0.3, -0.25) is 14.7 Å². The normalized spacial score (nSPS) is 11.9. The standard InChI is InChI=1S/C8H10BrN3O3/c1-15-8(14)5(9)4-10-7(13)6-2-3-11-12-6/h2-3,5H,4H2,1H3,(H,10,13)(H,11,12). The van der Waals surface area contributed by atoms with Crippen molar-refractivity contribution in [2.75, 3.05) is 13.7 Å². The van der Waals surface area contributed by atoms with Gasteiger partial charge >= 0.3 is 5.97 Å². The second-order valence-electron chi connectivity index (χ2n) is 2.67.